The summed E-state index contributed by atoms with van der Waals surface area (Å²) in [7, 11) is 0. The van der Waals surface area contributed by atoms with Crippen molar-refractivity contribution in [3.63, 3.8) is 0 Å². The smallest absolute Gasteiger partial charge is 0.300 e. The van der Waals surface area contributed by atoms with Gasteiger partial charge < -0.3 is 0 Å². The van der Waals surface area contributed by atoms with Crippen molar-refractivity contribution in [3.05, 3.63) is 59.0 Å². The molecule has 1 N–H and O–H groups in total. The zero-order valence-corrected chi connectivity index (χ0v) is 11.6. The molecule has 0 aromatic carbocycles. The summed E-state index contributed by atoms with van der Waals surface area (Å²) in [6.07, 6.45) is 5.77. The number of aldehydes is 1. The molecule has 0 saturated carbocycles. The zero-order valence-electron chi connectivity index (χ0n) is 11.6. The average Bonchev–Trinajstić information content (AvgIpc) is 3.20. The molecule has 8 heteroatoms. The highest BCUT2D eigenvalue weighted by Gasteiger charge is 2.08. The lowest BCUT2D eigenvalue weighted by molar-refractivity contribution is 0.112. The Morgan fingerprint density at radius 1 is 1.17 bits per heavy atom. The van der Waals surface area contributed by atoms with E-state index in [0.29, 0.717) is 11.3 Å². The number of carbonyl (C=O) groups is 1. The highest BCUT2D eigenvalue weighted by atomic mass is 16.5. The maximum atomic E-state index is 11.0. The minimum absolute atomic E-state index is 0.271. The molecule has 0 radical (unpaired) electrons. The van der Waals surface area contributed by atoms with Crippen molar-refractivity contribution >= 4 is 17.3 Å². The first kappa shape index (κ1) is 13.1. The fourth-order valence-corrected chi connectivity index (χ4v) is 2.32. The number of rotatable bonds is 3. The molecule has 4 rings (SSSR count). The van der Waals surface area contributed by atoms with Gasteiger partial charge in [-0.2, -0.15) is 0 Å². The van der Waals surface area contributed by atoms with E-state index in [0.717, 1.165) is 23.0 Å². The third kappa shape index (κ3) is 2.22. The van der Waals surface area contributed by atoms with Crippen LogP contribution in [0, 0.1) is 0 Å². The Bertz CT molecular complexity index is 1060. The number of hydrogen-bond acceptors (Lipinski definition) is 6. The van der Waals surface area contributed by atoms with E-state index in [9.17, 15) is 9.59 Å². The maximum Gasteiger partial charge on any atom is 0.439 e. The zero-order chi connectivity index (χ0) is 15.8. The van der Waals surface area contributed by atoms with Gasteiger partial charge in [0.1, 0.15) is 11.3 Å². The number of fused-ring (bicyclic) bond motifs is 1. The van der Waals surface area contributed by atoms with Crippen LogP contribution in [0.25, 0.3) is 28.2 Å². The third-order valence-corrected chi connectivity index (χ3v) is 3.39. The molecule has 8 nitrogen and oxygen atoms in total. The molecule has 0 amide bonds. The predicted octanol–water partition coefficient (Wildman–Crippen LogP) is 1.58. The van der Waals surface area contributed by atoms with Gasteiger partial charge in [0, 0.05) is 23.3 Å². The molecule has 4 aromatic heterocycles. The quantitative estimate of drug-likeness (QED) is 0.576. The van der Waals surface area contributed by atoms with Crippen molar-refractivity contribution in [3.8, 4) is 17.2 Å². The molecule has 0 aliphatic rings. The molecule has 4 heterocycles. The highest BCUT2D eigenvalue weighted by Crippen LogP contribution is 2.20. The van der Waals surface area contributed by atoms with Gasteiger partial charge in [0.2, 0.25) is 5.82 Å². The largest absolute Gasteiger partial charge is 0.439 e. The van der Waals surface area contributed by atoms with Crippen LogP contribution in [0.2, 0.25) is 0 Å². The second-order valence-corrected chi connectivity index (χ2v) is 4.83. The standard InChI is InChI=1S/C15H9N5O3/c21-8-9-5-10-3-4-20(14(10)17-6-9)11-1-2-12(16-7-11)13-18-15(22)23-19-13/h1-8H,(H,18,19,22). The van der Waals surface area contributed by atoms with Crippen molar-refractivity contribution in [2.24, 2.45) is 0 Å². The highest BCUT2D eigenvalue weighted by molar-refractivity contribution is 5.85. The minimum Gasteiger partial charge on any atom is -0.300 e. The lowest BCUT2D eigenvalue weighted by Gasteiger charge is -2.04. The second kappa shape index (κ2) is 5.02. The van der Waals surface area contributed by atoms with Gasteiger partial charge in [0.15, 0.2) is 6.29 Å². The summed E-state index contributed by atoms with van der Waals surface area (Å²) in [6, 6.07) is 7.19. The normalized spacial score (nSPS) is 11.0. The van der Waals surface area contributed by atoms with Crippen LogP contribution in [-0.2, 0) is 0 Å². The predicted molar refractivity (Wildman–Crippen MR) is 80.4 cm³/mol. The Kier molecular flexibility index (Phi) is 2.87. The summed E-state index contributed by atoms with van der Waals surface area (Å²) >= 11 is 0. The first-order valence-electron chi connectivity index (χ1n) is 6.70. The van der Waals surface area contributed by atoms with E-state index >= 15 is 0 Å². The lowest BCUT2D eigenvalue weighted by atomic mass is 10.2. The number of hydrogen-bond donors (Lipinski definition) is 1. The molecule has 0 aliphatic carbocycles. The van der Waals surface area contributed by atoms with Crippen molar-refractivity contribution in [1.29, 1.82) is 0 Å². The van der Waals surface area contributed by atoms with E-state index in [-0.39, 0.29) is 5.82 Å². The third-order valence-electron chi connectivity index (χ3n) is 3.39. The number of nitrogens with one attached hydrogen (secondary N) is 1. The monoisotopic (exact) mass is 307 g/mol. The van der Waals surface area contributed by atoms with Crippen molar-refractivity contribution < 1.29 is 9.32 Å². The number of aromatic nitrogens is 5. The van der Waals surface area contributed by atoms with Gasteiger partial charge in [-0.25, -0.2) is 9.78 Å². The molecule has 23 heavy (non-hydrogen) atoms. The molecule has 0 unspecified atom stereocenters. The van der Waals surface area contributed by atoms with Crippen LogP contribution >= 0.6 is 0 Å². The van der Waals surface area contributed by atoms with Crippen molar-refractivity contribution in [1.82, 2.24) is 24.7 Å². The fraction of sp³-hybridized carbons (Fsp3) is 0. The fourth-order valence-electron chi connectivity index (χ4n) is 2.32. The summed E-state index contributed by atoms with van der Waals surface area (Å²) in [5, 5.41) is 4.45. The Hall–Kier alpha value is -3.55. The van der Waals surface area contributed by atoms with Gasteiger partial charge in [-0.05, 0) is 24.3 Å². The van der Waals surface area contributed by atoms with Crippen LogP contribution in [-0.4, -0.2) is 31.0 Å². The molecule has 0 bridgehead atoms. The molecule has 0 fully saturated rings. The number of H-pyrrole nitrogens is 1. The number of carbonyl (C=O) groups excluding carboxylic acids is 1. The van der Waals surface area contributed by atoms with Crippen molar-refractivity contribution in [2.45, 2.75) is 0 Å². The number of aromatic amines is 1. The van der Waals surface area contributed by atoms with Crippen LogP contribution < -0.4 is 5.76 Å². The summed E-state index contributed by atoms with van der Waals surface area (Å²) in [5.41, 5.74) is 2.53. The minimum atomic E-state index is -0.627. The van der Waals surface area contributed by atoms with Crippen LogP contribution in [0.5, 0.6) is 0 Å². The van der Waals surface area contributed by atoms with E-state index in [1.165, 1.54) is 6.20 Å². The first-order chi connectivity index (χ1) is 11.2. The Morgan fingerprint density at radius 2 is 2.09 bits per heavy atom. The Balaban J connectivity index is 1.76. The van der Waals surface area contributed by atoms with Crippen molar-refractivity contribution in [2.75, 3.05) is 0 Å². The van der Waals surface area contributed by atoms with Crippen LogP contribution in [0.3, 0.4) is 0 Å². The van der Waals surface area contributed by atoms with Gasteiger partial charge in [-0.1, -0.05) is 5.16 Å². The molecular weight excluding hydrogens is 298 g/mol. The molecule has 4 aromatic rings. The molecule has 0 spiro atoms. The van der Waals surface area contributed by atoms with E-state index in [4.69, 9.17) is 0 Å². The SMILES string of the molecule is O=Cc1cnc2c(ccn2-c2ccc(-c3noc(=O)[nH]3)nc2)c1. The van der Waals surface area contributed by atoms with Gasteiger partial charge in [-0.15, -0.1) is 0 Å². The Labute approximate surface area is 128 Å². The van der Waals surface area contributed by atoms with Gasteiger partial charge in [0.25, 0.3) is 0 Å². The molecule has 0 atom stereocenters. The number of pyridine rings is 2. The van der Waals surface area contributed by atoms with E-state index in [1.807, 2.05) is 22.9 Å². The first-order valence-corrected chi connectivity index (χ1v) is 6.70. The molecule has 0 saturated heterocycles. The van der Waals surface area contributed by atoms with Gasteiger partial charge in [-0.3, -0.25) is 23.9 Å². The average molecular weight is 307 g/mol. The maximum absolute atomic E-state index is 11.0. The second-order valence-electron chi connectivity index (χ2n) is 4.83. The number of nitrogens with zero attached hydrogens (tertiary/aromatic N) is 4. The lowest BCUT2D eigenvalue weighted by Crippen LogP contribution is -1.98. The summed E-state index contributed by atoms with van der Waals surface area (Å²) in [5.74, 6) is -0.356. The van der Waals surface area contributed by atoms with Crippen LogP contribution in [0.15, 0.2) is 52.2 Å². The Morgan fingerprint density at radius 3 is 2.78 bits per heavy atom. The van der Waals surface area contributed by atoms with Crippen LogP contribution in [0.1, 0.15) is 10.4 Å². The van der Waals surface area contributed by atoms with E-state index in [2.05, 4.69) is 24.6 Å². The summed E-state index contributed by atoms with van der Waals surface area (Å²) in [6.45, 7) is 0. The molecular formula is C15H9N5O3. The van der Waals surface area contributed by atoms with E-state index < -0.39 is 5.76 Å². The summed E-state index contributed by atoms with van der Waals surface area (Å²) in [4.78, 5) is 32.8. The molecule has 112 valence electrons. The topological polar surface area (TPSA) is 107 Å². The van der Waals surface area contributed by atoms with E-state index in [1.54, 1.807) is 18.3 Å². The van der Waals surface area contributed by atoms with Gasteiger partial charge >= 0.3 is 5.76 Å². The summed E-state index contributed by atoms with van der Waals surface area (Å²) < 4.78 is 6.31. The van der Waals surface area contributed by atoms with Gasteiger partial charge in [0.05, 0.1) is 11.9 Å². The molecule has 0 aliphatic heterocycles. The van der Waals surface area contributed by atoms with Crippen LogP contribution in [0.4, 0.5) is 0 Å².